The van der Waals surface area contributed by atoms with Gasteiger partial charge in [0.05, 0.1) is 12.5 Å². The monoisotopic (exact) mass is 346 g/mol. The first-order valence-electron chi connectivity index (χ1n) is 7.25. The van der Waals surface area contributed by atoms with Crippen LogP contribution in [-0.4, -0.2) is 22.6 Å². The Morgan fingerprint density at radius 1 is 1.29 bits per heavy atom. The summed E-state index contributed by atoms with van der Waals surface area (Å²) >= 11 is 1.41. The molecule has 2 aromatic heterocycles. The van der Waals surface area contributed by atoms with E-state index in [1.54, 1.807) is 19.1 Å². The van der Waals surface area contributed by atoms with Crippen molar-refractivity contribution in [3.05, 3.63) is 51.1 Å². The first-order chi connectivity index (χ1) is 11.4. The van der Waals surface area contributed by atoms with Crippen LogP contribution in [0, 0.1) is 19.7 Å². The Hall–Kier alpha value is -2.54. The topological polar surface area (TPSA) is 61.2 Å². The number of rotatable bonds is 3. The molecule has 24 heavy (non-hydrogen) atoms. The molecule has 0 spiro atoms. The summed E-state index contributed by atoms with van der Waals surface area (Å²) in [5.41, 5.74) is 1.17. The second-order valence-corrected chi connectivity index (χ2v) is 6.55. The molecule has 0 unspecified atom stereocenters. The number of benzene rings is 1. The average Bonchev–Trinajstić information content (AvgIpc) is 2.88. The van der Waals surface area contributed by atoms with Crippen molar-refractivity contribution >= 4 is 27.5 Å². The summed E-state index contributed by atoms with van der Waals surface area (Å²) in [6.45, 7) is 3.38. The Labute approximate surface area is 141 Å². The summed E-state index contributed by atoms with van der Waals surface area (Å²) in [4.78, 5) is 30.5. The lowest BCUT2D eigenvalue weighted by atomic mass is 10.0. The van der Waals surface area contributed by atoms with E-state index in [9.17, 15) is 14.0 Å². The van der Waals surface area contributed by atoms with Crippen molar-refractivity contribution in [3.8, 4) is 11.1 Å². The van der Waals surface area contributed by atoms with Crippen molar-refractivity contribution in [1.82, 2.24) is 9.55 Å². The van der Waals surface area contributed by atoms with Crippen LogP contribution in [0.5, 0.6) is 0 Å². The maximum absolute atomic E-state index is 13.2. The zero-order valence-electron chi connectivity index (χ0n) is 13.4. The largest absolute Gasteiger partial charge is 0.468 e. The second kappa shape index (κ2) is 6.16. The molecule has 5 nitrogen and oxygen atoms in total. The predicted octanol–water partition coefficient (Wildman–Crippen LogP) is 3.05. The fraction of sp³-hybridized carbons (Fsp3) is 0.235. The molecule has 2 heterocycles. The molecule has 0 N–H and O–H groups in total. The molecule has 3 aromatic rings. The number of nitrogens with zero attached hydrogens (tertiary/aromatic N) is 2. The van der Waals surface area contributed by atoms with Crippen LogP contribution in [0.2, 0.25) is 0 Å². The highest BCUT2D eigenvalue weighted by Crippen LogP contribution is 2.35. The molecule has 0 bridgehead atoms. The van der Waals surface area contributed by atoms with E-state index in [2.05, 4.69) is 9.72 Å². The first kappa shape index (κ1) is 16.3. The van der Waals surface area contributed by atoms with Crippen LogP contribution >= 0.6 is 11.3 Å². The molecular weight excluding hydrogens is 331 g/mol. The number of aromatic nitrogens is 2. The van der Waals surface area contributed by atoms with Crippen molar-refractivity contribution < 1.29 is 13.9 Å². The van der Waals surface area contributed by atoms with Crippen LogP contribution in [0.25, 0.3) is 21.3 Å². The average molecular weight is 346 g/mol. The number of aryl methyl sites for hydroxylation is 2. The Morgan fingerprint density at radius 3 is 2.58 bits per heavy atom. The molecule has 0 saturated heterocycles. The second-order valence-electron chi connectivity index (χ2n) is 5.35. The number of methoxy groups -OCH3 is 1. The highest BCUT2D eigenvalue weighted by molar-refractivity contribution is 7.19. The lowest BCUT2D eigenvalue weighted by molar-refractivity contribution is -0.141. The fourth-order valence-corrected chi connectivity index (χ4v) is 3.72. The van der Waals surface area contributed by atoms with E-state index in [0.717, 1.165) is 16.0 Å². The van der Waals surface area contributed by atoms with Gasteiger partial charge in [-0.1, -0.05) is 12.1 Å². The number of halogens is 1. The molecule has 7 heteroatoms. The van der Waals surface area contributed by atoms with Gasteiger partial charge in [0.25, 0.3) is 5.56 Å². The lowest BCUT2D eigenvalue weighted by Crippen LogP contribution is -2.27. The number of fused-ring (bicyclic) bond motifs is 1. The molecule has 0 fully saturated rings. The summed E-state index contributed by atoms with van der Waals surface area (Å²) in [6, 6.07) is 5.97. The maximum Gasteiger partial charge on any atom is 0.325 e. The van der Waals surface area contributed by atoms with Gasteiger partial charge in [-0.05, 0) is 31.5 Å². The normalized spacial score (nSPS) is 11.0. The minimum absolute atomic E-state index is 0.193. The predicted molar refractivity (Wildman–Crippen MR) is 90.8 cm³/mol. The summed E-state index contributed by atoms with van der Waals surface area (Å²) in [7, 11) is 1.27. The number of thiophene rings is 1. The molecule has 0 aliphatic carbocycles. The van der Waals surface area contributed by atoms with Gasteiger partial charge in [0.2, 0.25) is 0 Å². The first-order valence-corrected chi connectivity index (χ1v) is 8.07. The quantitative estimate of drug-likeness (QED) is 0.684. The molecule has 0 amide bonds. The van der Waals surface area contributed by atoms with E-state index in [-0.39, 0.29) is 17.9 Å². The Kier molecular flexibility index (Phi) is 4.19. The van der Waals surface area contributed by atoms with Gasteiger partial charge in [0, 0.05) is 10.4 Å². The lowest BCUT2D eigenvalue weighted by Gasteiger charge is -2.09. The van der Waals surface area contributed by atoms with E-state index < -0.39 is 5.97 Å². The summed E-state index contributed by atoms with van der Waals surface area (Å²) < 4.78 is 19.1. The standard InChI is InChI=1S/C17H15FN2O3S/c1-9-14(11-4-6-12(18)7-5-11)15-16(24-9)19-10(2)20(17(15)22)8-13(21)23-3/h4-7H,8H2,1-3H3. The number of carbonyl (C=O) groups is 1. The van der Waals surface area contributed by atoms with Gasteiger partial charge < -0.3 is 4.74 Å². The van der Waals surface area contributed by atoms with Crippen LogP contribution in [-0.2, 0) is 16.1 Å². The Balaban J connectivity index is 2.29. The van der Waals surface area contributed by atoms with E-state index in [1.165, 1.54) is 35.1 Å². The number of hydrogen-bond acceptors (Lipinski definition) is 5. The van der Waals surface area contributed by atoms with Gasteiger partial charge in [0.15, 0.2) is 0 Å². The third-order valence-electron chi connectivity index (χ3n) is 3.83. The van der Waals surface area contributed by atoms with E-state index >= 15 is 0 Å². The molecule has 124 valence electrons. The summed E-state index contributed by atoms with van der Waals surface area (Å²) in [5, 5.41) is 0.443. The Bertz CT molecular complexity index is 990. The third-order valence-corrected chi connectivity index (χ3v) is 4.83. The highest BCUT2D eigenvalue weighted by atomic mass is 32.1. The van der Waals surface area contributed by atoms with Gasteiger partial charge >= 0.3 is 5.97 Å². The van der Waals surface area contributed by atoms with Crippen LogP contribution in [0.15, 0.2) is 29.1 Å². The van der Waals surface area contributed by atoms with Gasteiger partial charge in [0.1, 0.15) is 23.0 Å². The van der Waals surface area contributed by atoms with Crippen molar-refractivity contribution in [1.29, 1.82) is 0 Å². The number of carbonyl (C=O) groups excluding carboxylic acids is 1. The van der Waals surface area contributed by atoms with Crippen LogP contribution < -0.4 is 5.56 Å². The van der Waals surface area contributed by atoms with Crippen molar-refractivity contribution in [2.75, 3.05) is 7.11 Å². The smallest absolute Gasteiger partial charge is 0.325 e. The summed E-state index contributed by atoms with van der Waals surface area (Å²) in [5.74, 6) is -0.408. The molecule has 0 atom stereocenters. The van der Waals surface area contributed by atoms with Gasteiger partial charge in [-0.25, -0.2) is 9.37 Å². The highest BCUT2D eigenvalue weighted by Gasteiger charge is 2.19. The van der Waals surface area contributed by atoms with Crippen LogP contribution in [0.3, 0.4) is 0 Å². The minimum atomic E-state index is -0.517. The summed E-state index contributed by atoms with van der Waals surface area (Å²) in [6.07, 6.45) is 0. The zero-order valence-corrected chi connectivity index (χ0v) is 14.2. The SMILES string of the molecule is COC(=O)Cn1c(C)nc2sc(C)c(-c3ccc(F)cc3)c2c1=O. The molecule has 1 aromatic carbocycles. The fourth-order valence-electron chi connectivity index (χ4n) is 2.64. The molecule has 0 aliphatic rings. The van der Waals surface area contributed by atoms with Crippen LogP contribution in [0.4, 0.5) is 4.39 Å². The van der Waals surface area contributed by atoms with Gasteiger partial charge in [-0.15, -0.1) is 11.3 Å². The minimum Gasteiger partial charge on any atom is -0.468 e. The third kappa shape index (κ3) is 2.71. The molecule has 0 saturated carbocycles. The molecular formula is C17H15FN2O3S. The van der Waals surface area contributed by atoms with E-state index in [0.29, 0.717) is 16.0 Å². The van der Waals surface area contributed by atoms with Gasteiger partial charge in [-0.3, -0.25) is 14.2 Å². The molecule has 0 radical (unpaired) electrons. The zero-order chi connectivity index (χ0) is 17.4. The van der Waals surface area contributed by atoms with Crippen molar-refractivity contribution in [3.63, 3.8) is 0 Å². The van der Waals surface area contributed by atoms with E-state index in [4.69, 9.17) is 0 Å². The Morgan fingerprint density at radius 2 is 1.96 bits per heavy atom. The molecule has 3 rings (SSSR count). The maximum atomic E-state index is 13.2. The van der Waals surface area contributed by atoms with Crippen molar-refractivity contribution in [2.24, 2.45) is 0 Å². The van der Waals surface area contributed by atoms with Crippen LogP contribution in [0.1, 0.15) is 10.7 Å². The number of hydrogen-bond donors (Lipinski definition) is 0. The molecule has 0 aliphatic heterocycles. The number of ether oxygens (including phenoxy) is 1. The van der Waals surface area contributed by atoms with Crippen molar-refractivity contribution in [2.45, 2.75) is 20.4 Å². The van der Waals surface area contributed by atoms with Gasteiger partial charge in [-0.2, -0.15) is 0 Å². The number of esters is 1. The van der Waals surface area contributed by atoms with E-state index in [1.807, 2.05) is 6.92 Å².